The lowest BCUT2D eigenvalue weighted by molar-refractivity contribution is -0.140. The van der Waals surface area contributed by atoms with E-state index in [0.717, 1.165) is 12.0 Å². The van der Waals surface area contributed by atoms with Gasteiger partial charge in [-0.25, -0.2) is 4.79 Å². The highest BCUT2D eigenvalue weighted by Crippen LogP contribution is 2.23. The molecule has 1 aliphatic heterocycles. The SMILES string of the molecule is NCCc1ccc(C(=O)N2CSCC2C(=O)O)cc1. The Morgan fingerprint density at radius 3 is 2.63 bits per heavy atom. The Morgan fingerprint density at radius 1 is 1.37 bits per heavy atom. The van der Waals surface area contributed by atoms with Gasteiger partial charge in [-0.3, -0.25) is 4.79 Å². The second-order valence-electron chi connectivity index (χ2n) is 4.36. The van der Waals surface area contributed by atoms with Gasteiger partial charge in [0.25, 0.3) is 5.91 Å². The van der Waals surface area contributed by atoms with Gasteiger partial charge in [-0.05, 0) is 30.7 Å². The predicted octanol–water partition coefficient (Wildman–Crippen LogP) is 0.787. The zero-order valence-corrected chi connectivity index (χ0v) is 11.2. The molecular formula is C13H16N2O3S. The number of rotatable bonds is 4. The summed E-state index contributed by atoms with van der Waals surface area (Å²) in [6.45, 7) is 0.567. The molecule has 3 N–H and O–H groups in total. The second-order valence-corrected chi connectivity index (χ2v) is 5.36. The molecule has 1 aromatic rings. The van der Waals surface area contributed by atoms with Gasteiger partial charge in [0.15, 0.2) is 0 Å². The molecule has 0 bridgehead atoms. The molecule has 102 valence electrons. The van der Waals surface area contributed by atoms with Crippen LogP contribution in [0.3, 0.4) is 0 Å². The molecule has 1 aromatic carbocycles. The first kappa shape index (κ1) is 13.9. The molecule has 1 unspecified atom stereocenters. The van der Waals surface area contributed by atoms with Crippen LogP contribution in [0.25, 0.3) is 0 Å². The fourth-order valence-electron chi connectivity index (χ4n) is 1.99. The van der Waals surface area contributed by atoms with E-state index in [1.165, 1.54) is 16.7 Å². The fourth-order valence-corrected chi connectivity index (χ4v) is 3.14. The number of nitrogens with zero attached hydrogens (tertiary/aromatic N) is 1. The lowest BCUT2D eigenvalue weighted by Gasteiger charge is -2.20. The topological polar surface area (TPSA) is 83.6 Å². The first-order chi connectivity index (χ1) is 9.13. The van der Waals surface area contributed by atoms with Crippen molar-refractivity contribution in [3.63, 3.8) is 0 Å². The minimum Gasteiger partial charge on any atom is -0.480 e. The molecule has 6 heteroatoms. The highest BCUT2D eigenvalue weighted by atomic mass is 32.2. The van der Waals surface area contributed by atoms with Crippen LogP contribution in [-0.2, 0) is 11.2 Å². The zero-order chi connectivity index (χ0) is 13.8. The summed E-state index contributed by atoms with van der Waals surface area (Å²) in [5, 5.41) is 9.07. The van der Waals surface area contributed by atoms with E-state index in [9.17, 15) is 9.59 Å². The van der Waals surface area contributed by atoms with Crippen LogP contribution in [0.5, 0.6) is 0 Å². The normalized spacial score (nSPS) is 18.6. The first-order valence-electron chi connectivity index (χ1n) is 6.04. The average molecular weight is 280 g/mol. The maximum absolute atomic E-state index is 12.3. The number of benzene rings is 1. The van der Waals surface area contributed by atoms with Crippen LogP contribution in [0, 0.1) is 0 Å². The van der Waals surface area contributed by atoms with Gasteiger partial charge in [-0.1, -0.05) is 12.1 Å². The van der Waals surface area contributed by atoms with Gasteiger partial charge in [0.1, 0.15) is 6.04 Å². The van der Waals surface area contributed by atoms with Crippen LogP contribution in [0.4, 0.5) is 0 Å². The summed E-state index contributed by atoms with van der Waals surface area (Å²) in [6.07, 6.45) is 0.770. The summed E-state index contributed by atoms with van der Waals surface area (Å²) in [7, 11) is 0. The third-order valence-corrected chi connectivity index (χ3v) is 4.07. The number of carbonyl (C=O) groups is 2. The summed E-state index contributed by atoms with van der Waals surface area (Å²) >= 11 is 1.46. The number of carbonyl (C=O) groups excluding carboxylic acids is 1. The number of hydrogen-bond donors (Lipinski definition) is 2. The van der Waals surface area contributed by atoms with Gasteiger partial charge in [0.05, 0.1) is 5.88 Å². The van der Waals surface area contributed by atoms with Crippen LogP contribution >= 0.6 is 11.8 Å². The van der Waals surface area contributed by atoms with Gasteiger partial charge in [0, 0.05) is 11.3 Å². The molecule has 0 aromatic heterocycles. The number of carboxylic acid groups (broad SMARTS) is 1. The van der Waals surface area contributed by atoms with Gasteiger partial charge >= 0.3 is 5.97 Å². The van der Waals surface area contributed by atoms with E-state index in [4.69, 9.17) is 10.8 Å². The van der Waals surface area contributed by atoms with Crippen molar-refractivity contribution in [3.05, 3.63) is 35.4 Å². The molecule has 0 radical (unpaired) electrons. The monoisotopic (exact) mass is 280 g/mol. The van der Waals surface area contributed by atoms with Crippen LogP contribution in [-0.4, -0.2) is 46.1 Å². The molecule has 1 amide bonds. The second kappa shape index (κ2) is 6.08. The summed E-state index contributed by atoms with van der Waals surface area (Å²) in [5.74, 6) is -0.290. The zero-order valence-electron chi connectivity index (χ0n) is 10.4. The lowest BCUT2D eigenvalue weighted by atomic mass is 10.1. The maximum atomic E-state index is 12.3. The van der Waals surface area contributed by atoms with Crippen molar-refractivity contribution in [1.82, 2.24) is 4.90 Å². The molecular weight excluding hydrogens is 264 g/mol. The Kier molecular flexibility index (Phi) is 4.44. The molecule has 0 aliphatic carbocycles. The Labute approximate surface area is 115 Å². The summed E-state index contributed by atoms with van der Waals surface area (Å²) < 4.78 is 0. The van der Waals surface area contributed by atoms with E-state index in [1.807, 2.05) is 12.1 Å². The van der Waals surface area contributed by atoms with Crippen molar-refractivity contribution in [2.45, 2.75) is 12.5 Å². The van der Waals surface area contributed by atoms with Crippen LogP contribution in [0.2, 0.25) is 0 Å². The summed E-state index contributed by atoms with van der Waals surface area (Å²) in [5.41, 5.74) is 7.06. The van der Waals surface area contributed by atoms with E-state index in [-0.39, 0.29) is 5.91 Å². The van der Waals surface area contributed by atoms with Gasteiger partial charge in [-0.2, -0.15) is 0 Å². The minimum absolute atomic E-state index is 0.225. The molecule has 19 heavy (non-hydrogen) atoms. The number of amides is 1. The standard InChI is InChI=1S/C13H16N2O3S/c14-6-5-9-1-3-10(4-2-9)12(16)15-8-19-7-11(15)13(17)18/h1-4,11H,5-8,14H2,(H,17,18). The Morgan fingerprint density at radius 2 is 2.05 bits per heavy atom. The molecule has 1 atom stereocenters. The third kappa shape index (κ3) is 3.08. The van der Waals surface area contributed by atoms with E-state index >= 15 is 0 Å². The van der Waals surface area contributed by atoms with Crippen molar-refractivity contribution in [2.75, 3.05) is 18.2 Å². The molecule has 5 nitrogen and oxygen atoms in total. The van der Waals surface area contributed by atoms with Crippen molar-refractivity contribution in [1.29, 1.82) is 0 Å². The van der Waals surface area contributed by atoms with E-state index in [1.54, 1.807) is 12.1 Å². The molecule has 0 spiro atoms. The maximum Gasteiger partial charge on any atom is 0.327 e. The number of nitrogens with two attached hydrogens (primary N) is 1. The van der Waals surface area contributed by atoms with Crippen molar-refractivity contribution in [2.24, 2.45) is 5.73 Å². The van der Waals surface area contributed by atoms with E-state index in [2.05, 4.69) is 0 Å². The first-order valence-corrected chi connectivity index (χ1v) is 7.19. The Hall–Kier alpha value is -1.53. The summed E-state index contributed by atoms with van der Waals surface area (Å²) in [6, 6.07) is 6.46. The average Bonchev–Trinajstić information content (AvgIpc) is 2.88. The molecule has 1 heterocycles. The van der Waals surface area contributed by atoms with Gasteiger partial charge < -0.3 is 15.7 Å². The third-order valence-electron chi connectivity index (χ3n) is 3.06. The molecule has 2 rings (SSSR count). The fraction of sp³-hybridized carbons (Fsp3) is 0.385. The minimum atomic E-state index is -0.946. The van der Waals surface area contributed by atoms with Crippen molar-refractivity contribution in [3.8, 4) is 0 Å². The Bertz CT molecular complexity index is 475. The molecule has 1 aliphatic rings. The number of aliphatic carboxylic acids is 1. The molecule has 1 fully saturated rings. The van der Waals surface area contributed by atoms with Crippen molar-refractivity contribution >= 4 is 23.6 Å². The van der Waals surface area contributed by atoms with Crippen LogP contribution < -0.4 is 5.73 Å². The largest absolute Gasteiger partial charge is 0.480 e. The number of carboxylic acids is 1. The van der Waals surface area contributed by atoms with E-state index in [0.29, 0.717) is 23.7 Å². The van der Waals surface area contributed by atoms with Crippen molar-refractivity contribution < 1.29 is 14.7 Å². The molecule has 1 saturated heterocycles. The van der Waals surface area contributed by atoms with Gasteiger partial charge in [-0.15, -0.1) is 11.8 Å². The Balaban J connectivity index is 2.12. The number of hydrogen-bond acceptors (Lipinski definition) is 4. The van der Waals surface area contributed by atoms with E-state index < -0.39 is 12.0 Å². The molecule has 0 saturated carbocycles. The van der Waals surface area contributed by atoms with Crippen LogP contribution in [0.15, 0.2) is 24.3 Å². The summed E-state index contributed by atoms with van der Waals surface area (Å²) in [4.78, 5) is 24.7. The predicted molar refractivity (Wildman–Crippen MR) is 74.1 cm³/mol. The smallest absolute Gasteiger partial charge is 0.327 e. The quantitative estimate of drug-likeness (QED) is 0.852. The number of thioether (sulfide) groups is 1. The van der Waals surface area contributed by atoms with Crippen LogP contribution in [0.1, 0.15) is 15.9 Å². The highest BCUT2D eigenvalue weighted by molar-refractivity contribution is 7.99. The lowest BCUT2D eigenvalue weighted by Crippen LogP contribution is -2.41. The highest BCUT2D eigenvalue weighted by Gasteiger charge is 2.34. The van der Waals surface area contributed by atoms with Gasteiger partial charge in [0.2, 0.25) is 0 Å².